The maximum atomic E-state index is 13.4. The van der Waals surface area contributed by atoms with Crippen LogP contribution in [0.5, 0.6) is 0 Å². The Kier molecular flexibility index (Phi) is 7.53. The Morgan fingerprint density at radius 3 is 2.17 bits per heavy atom. The van der Waals surface area contributed by atoms with Gasteiger partial charge in [-0.25, -0.2) is 13.3 Å². The van der Waals surface area contributed by atoms with Gasteiger partial charge in [0.25, 0.3) is 21.8 Å². The maximum Gasteiger partial charge on any atom is 0.268 e. The number of fused-ring (bicyclic) bond motifs is 1. The Morgan fingerprint density at radius 1 is 1.06 bits per heavy atom. The lowest BCUT2D eigenvalue weighted by Gasteiger charge is -2.19. The molecule has 3 rings (SSSR count). The molecule has 0 bridgehead atoms. The van der Waals surface area contributed by atoms with Gasteiger partial charge in [-0.15, -0.1) is 0 Å². The fourth-order valence-corrected chi connectivity index (χ4v) is 5.21. The van der Waals surface area contributed by atoms with Crippen molar-refractivity contribution in [1.29, 1.82) is 0 Å². The number of amides is 2. The highest BCUT2D eigenvalue weighted by Crippen LogP contribution is 2.37. The Balaban J connectivity index is 2.00. The third kappa shape index (κ3) is 5.10. The third-order valence-corrected chi connectivity index (χ3v) is 7.50. The van der Waals surface area contributed by atoms with Crippen LogP contribution in [0.3, 0.4) is 0 Å². The second-order valence-corrected chi connectivity index (χ2v) is 11.4. The minimum Gasteiger partial charge on any atom is -0.497 e. The van der Waals surface area contributed by atoms with E-state index in [0.717, 1.165) is 10.5 Å². The van der Waals surface area contributed by atoms with Gasteiger partial charge in [-0.1, -0.05) is 51.1 Å². The van der Waals surface area contributed by atoms with Crippen LogP contribution in [0.15, 0.2) is 77.1 Å². The summed E-state index contributed by atoms with van der Waals surface area (Å²) in [4.78, 5) is 27.4. The number of rotatable bonds is 7. The molecule has 2 amide bonds. The third-order valence-electron chi connectivity index (χ3n) is 5.80. The fraction of sp³-hybridized carbons (Fsp3) is 0.259. The van der Waals surface area contributed by atoms with Crippen molar-refractivity contribution in [3.05, 3.63) is 93.9 Å². The summed E-state index contributed by atoms with van der Waals surface area (Å²) in [6, 6.07) is 9.24. The molecule has 36 heavy (non-hydrogen) atoms. The Morgan fingerprint density at radius 2 is 1.64 bits per heavy atom. The van der Waals surface area contributed by atoms with Gasteiger partial charge in [-0.05, 0) is 66.8 Å². The summed E-state index contributed by atoms with van der Waals surface area (Å²) in [5.74, 6) is -0.868. The van der Waals surface area contributed by atoms with E-state index in [4.69, 9.17) is 16.3 Å². The van der Waals surface area contributed by atoms with Crippen LogP contribution in [0.4, 0.5) is 5.69 Å². The van der Waals surface area contributed by atoms with E-state index in [2.05, 4.69) is 11.3 Å². The number of imide groups is 1. The molecule has 7 nitrogen and oxygen atoms in total. The summed E-state index contributed by atoms with van der Waals surface area (Å²) in [5, 5.41) is 0.0304. The number of hydrogen-bond donors (Lipinski definition) is 1. The van der Waals surface area contributed by atoms with Crippen molar-refractivity contribution in [2.75, 3.05) is 11.8 Å². The number of allylic oxidation sites excluding steroid dienone is 3. The number of sulfonamides is 1. The van der Waals surface area contributed by atoms with Gasteiger partial charge in [-0.3, -0.25) is 14.3 Å². The maximum absolute atomic E-state index is 13.4. The van der Waals surface area contributed by atoms with Crippen molar-refractivity contribution in [2.24, 2.45) is 0 Å². The van der Waals surface area contributed by atoms with Gasteiger partial charge in [0.1, 0.15) is 5.76 Å². The van der Waals surface area contributed by atoms with Gasteiger partial charge in [0.2, 0.25) is 0 Å². The van der Waals surface area contributed by atoms with E-state index in [1.807, 2.05) is 20.8 Å². The first kappa shape index (κ1) is 27.2. The highest BCUT2D eigenvalue weighted by molar-refractivity contribution is 7.92. The van der Waals surface area contributed by atoms with E-state index in [1.165, 1.54) is 37.5 Å². The van der Waals surface area contributed by atoms with Crippen molar-refractivity contribution in [2.45, 2.75) is 44.9 Å². The largest absolute Gasteiger partial charge is 0.497 e. The van der Waals surface area contributed by atoms with Crippen LogP contribution in [0.2, 0.25) is 5.02 Å². The normalized spacial score (nSPS) is 14.7. The van der Waals surface area contributed by atoms with Crippen LogP contribution >= 0.6 is 11.6 Å². The number of halogens is 1. The topological polar surface area (TPSA) is 92.8 Å². The number of anilines is 1. The zero-order valence-corrected chi connectivity index (χ0v) is 22.7. The molecule has 1 aliphatic heterocycles. The highest BCUT2D eigenvalue weighted by Gasteiger charge is 2.41. The van der Waals surface area contributed by atoms with Crippen molar-refractivity contribution >= 4 is 39.1 Å². The number of hydrogen-bond acceptors (Lipinski definition) is 5. The van der Waals surface area contributed by atoms with E-state index < -0.39 is 21.8 Å². The molecule has 1 heterocycles. The number of nitrogens with zero attached hydrogens (tertiary/aromatic N) is 1. The standard InChI is InChI=1S/C27H29ClN2O5S/c1-8-22(35-7)16(2)15-17(3)30-25(31)23-20(28)13-14-21(24(23)26(30)32)29-36(33,34)19-11-9-18(10-12-19)27(4,5)6/h8-15,29H,3H2,1-2,4-7H3/b16-15-,22-8+. The SMILES string of the molecule is C=C(/C=C(C)\C(=C/C)OC)N1C(=O)c2c(Cl)ccc(NS(=O)(=O)c3ccc(C(C)(C)C)cc3)c2C1=O. The molecule has 0 unspecified atom stereocenters. The van der Waals surface area contributed by atoms with E-state index in [1.54, 1.807) is 32.1 Å². The number of carbonyl (C=O) groups excluding carboxylic acids is 2. The average molecular weight is 529 g/mol. The minimum atomic E-state index is -4.06. The van der Waals surface area contributed by atoms with Crippen molar-refractivity contribution in [1.82, 2.24) is 4.90 Å². The highest BCUT2D eigenvalue weighted by atomic mass is 35.5. The first-order chi connectivity index (χ1) is 16.7. The van der Waals surface area contributed by atoms with Crippen LogP contribution in [-0.2, 0) is 20.2 Å². The summed E-state index contributed by atoms with van der Waals surface area (Å²) in [7, 11) is -2.55. The summed E-state index contributed by atoms with van der Waals surface area (Å²) in [6.45, 7) is 13.5. The van der Waals surface area contributed by atoms with Crippen molar-refractivity contribution < 1.29 is 22.7 Å². The number of carbonyl (C=O) groups is 2. The second-order valence-electron chi connectivity index (χ2n) is 9.35. The molecule has 2 aromatic rings. The lowest BCUT2D eigenvalue weighted by Crippen LogP contribution is -2.28. The molecule has 0 fully saturated rings. The molecule has 0 radical (unpaired) electrons. The zero-order chi connectivity index (χ0) is 27.0. The molecular weight excluding hydrogens is 500 g/mol. The van der Waals surface area contributed by atoms with E-state index in [0.29, 0.717) is 11.3 Å². The number of ether oxygens (including phenoxy) is 1. The Labute approximate surface area is 217 Å². The van der Waals surface area contributed by atoms with Crippen LogP contribution in [0.1, 0.15) is 60.9 Å². The quantitative estimate of drug-likeness (QED) is 0.268. The van der Waals surface area contributed by atoms with Crippen LogP contribution in [0, 0.1) is 0 Å². The van der Waals surface area contributed by atoms with Crippen molar-refractivity contribution in [3.8, 4) is 0 Å². The lowest BCUT2D eigenvalue weighted by molar-refractivity contribution is 0.0710. The zero-order valence-electron chi connectivity index (χ0n) is 21.1. The van der Waals surface area contributed by atoms with Gasteiger partial charge < -0.3 is 4.74 Å². The second kappa shape index (κ2) is 9.95. The summed E-state index contributed by atoms with van der Waals surface area (Å²) < 4.78 is 34.0. The number of nitrogens with one attached hydrogen (secondary N) is 1. The summed E-state index contributed by atoms with van der Waals surface area (Å²) in [5.41, 5.74) is 1.30. The first-order valence-electron chi connectivity index (χ1n) is 11.2. The molecule has 0 atom stereocenters. The van der Waals surface area contributed by atoms with E-state index >= 15 is 0 Å². The van der Waals surface area contributed by atoms with Crippen LogP contribution < -0.4 is 4.72 Å². The molecular formula is C27H29ClN2O5S. The summed E-state index contributed by atoms with van der Waals surface area (Å²) >= 11 is 6.27. The Hall–Kier alpha value is -3.36. The average Bonchev–Trinajstić information content (AvgIpc) is 3.07. The molecule has 190 valence electrons. The molecule has 0 saturated carbocycles. The molecule has 1 N–H and O–H groups in total. The smallest absolute Gasteiger partial charge is 0.268 e. The monoisotopic (exact) mass is 528 g/mol. The van der Waals surface area contributed by atoms with Crippen molar-refractivity contribution in [3.63, 3.8) is 0 Å². The molecule has 2 aromatic carbocycles. The van der Waals surface area contributed by atoms with Crippen LogP contribution in [0.25, 0.3) is 0 Å². The molecule has 0 aliphatic carbocycles. The molecule has 9 heteroatoms. The molecule has 0 aromatic heterocycles. The van der Waals surface area contributed by atoms with Gasteiger partial charge >= 0.3 is 0 Å². The fourth-order valence-electron chi connectivity index (χ4n) is 3.90. The lowest BCUT2D eigenvalue weighted by atomic mass is 9.87. The van der Waals surface area contributed by atoms with Gasteiger partial charge in [0.15, 0.2) is 0 Å². The number of methoxy groups -OCH3 is 1. The van der Waals surface area contributed by atoms with E-state index in [-0.39, 0.29) is 37.8 Å². The molecule has 1 aliphatic rings. The molecule has 0 saturated heterocycles. The molecule has 0 spiro atoms. The van der Waals surface area contributed by atoms with E-state index in [9.17, 15) is 18.0 Å². The summed E-state index contributed by atoms with van der Waals surface area (Å²) in [6.07, 6.45) is 3.27. The predicted octanol–water partition coefficient (Wildman–Crippen LogP) is 6.04. The van der Waals surface area contributed by atoms with Crippen LogP contribution in [-0.4, -0.2) is 32.2 Å². The predicted molar refractivity (Wildman–Crippen MR) is 142 cm³/mol. The van der Waals surface area contributed by atoms with Gasteiger partial charge in [-0.2, -0.15) is 0 Å². The van der Waals surface area contributed by atoms with Gasteiger partial charge in [0, 0.05) is 5.70 Å². The first-order valence-corrected chi connectivity index (χ1v) is 13.0. The Bertz CT molecular complexity index is 1420. The number of benzene rings is 2. The van der Waals surface area contributed by atoms with Gasteiger partial charge in [0.05, 0.1) is 33.8 Å². The minimum absolute atomic E-state index is 0.0224.